The lowest BCUT2D eigenvalue weighted by Gasteiger charge is -2.32. The van der Waals surface area contributed by atoms with E-state index in [1.807, 2.05) is 68.4 Å². The highest BCUT2D eigenvalue weighted by Crippen LogP contribution is 2.26. The largest absolute Gasteiger partial charge is 0.354 e. The van der Waals surface area contributed by atoms with Crippen LogP contribution in [0.5, 0.6) is 0 Å². The van der Waals surface area contributed by atoms with Crippen molar-refractivity contribution < 1.29 is 9.59 Å². The third-order valence-corrected chi connectivity index (χ3v) is 7.56. The summed E-state index contributed by atoms with van der Waals surface area (Å²) >= 11 is 20.1. The van der Waals surface area contributed by atoms with Crippen LogP contribution in [0.3, 0.4) is 0 Å². The molecule has 1 atom stereocenters. The molecule has 0 aromatic heterocycles. The minimum absolute atomic E-state index is 0.117. The zero-order valence-corrected chi connectivity index (χ0v) is 24.0. The predicted octanol–water partition coefficient (Wildman–Crippen LogP) is 7.54. The highest BCUT2D eigenvalue weighted by Gasteiger charge is 2.30. The zero-order valence-electron chi connectivity index (χ0n) is 20.9. The first-order valence-corrected chi connectivity index (χ1v) is 14.3. The molecule has 3 aromatic rings. The van der Waals surface area contributed by atoms with Gasteiger partial charge in [0.05, 0.1) is 0 Å². The lowest BCUT2D eigenvalue weighted by atomic mass is 10.0. The Morgan fingerprint density at radius 1 is 0.919 bits per heavy atom. The van der Waals surface area contributed by atoms with Gasteiger partial charge in [-0.2, -0.15) is 0 Å². The molecule has 1 N–H and O–H groups in total. The van der Waals surface area contributed by atoms with Crippen LogP contribution in [-0.4, -0.2) is 35.1 Å². The van der Waals surface area contributed by atoms with Crippen LogP contribution < -0.4 is 5.32 Å². The number of amides is 2. The number of carbonyl (C=O) groups excluding carboxylic acids is 2. The first kappa shape index (κ1) is 29.4. The van der Waals surface area contributed by atoms with E-state index in [0.29, 0.717) is 33.8 Å². The summed E-state index contributed by atoms with van der Waals surface area (Å²) in [7, 11) is 0. The Labute approximate surface area is 238 Å². The Bertz CT molecular complexity index is 1170. The lowest BCUT2D eigenvalue weighted by molar-refractivity contribution is -0.141. The molecular weight excluding hydrogens is 547 g/mol. The highest BCUT2D eigenvalue weighted by atomic mass is 35.5. The summed E-state index contributed by atoms with van der Waals surface area (Å²) < 4.78 is 0. The molecule has 0 fully saturated rings. The second kappa shape index (κ2) is 14.7. The van der Waals surface area contributed by atoms with E-state index in [9.17, 15) is 9.59 Å². The van der Waals surface area contributed by atoms with E-state index in [1.165, 1.54) is 0 Å². The fourth-order valence-electron chi connectivity index (χ4n) is 3.74. The molecule has 0 saturated carbocycles. The smallest absolute Gasteiger partial charge is 0.243 e. The standard InChI is InChI=1S/C29H31Cl3N2O2S/c1-20(2)18-33-29(36)27(16-21-6-4-3-5-7-21)34(19-22-8-9-24(31)17-26(22)32)28(35)14-15-37-25-12-10-23(30)11-13-25/h3-13,17,20,27H,14-16,18-19H2,1-2H3,(H,33,36). The van der Waals surface area contributed by atoms with Gasteiger partial charge in [0.2, 0.25) is 11.8 Å². The number of hydrogen-bond donors (Lipinski definition) is 1. The van der Waals surface area contributed by atoms with E-state index in [0.717, 1.165) is 16.0 Å². The molecule has 0 saturated heterocycles. The first-order valence-electron chi connectivity index (χ1n) is 12.2. The fraction of sp³-hybridized carbons (Fsp3) is 0.310. The summed E-state index contributed by atoms with van der Waals surface area (Å²) in [5.74, 6) is 0.554. The molecule has 0 bridgehead atoms. The van der Waals surface area contributed by atoms with Gasteiger partial charge < -0.3 is 10.2 Å². The first-order chi connectivity index (χ1) is 17.7. The summed E-state index contributed by atoms with van der Waals surface area (Å²) in [6.07, 6.45) is 0.660. The van der Waals surface area contributed by atoms with Crippen LogP contribution in [0.1, 0.15) is 31.4 Å². The quantitative estimate of drug-likeness (QED) is 0.226. The van der Waals surface area contributed by atoms with E-state index < -0.39 is 6.04 Å². The average molecular weight is 578 g/mol. The normalized spacial score (nSPS) is 11.8. The van der Waals surface area contributed by atoms with Crippen LogP contribution in [0.4, 0.5) is 0 Å². The zero-order chi connectivity index (χ0) is 26.8. The summed E-state index contributed by atoms with van der Waals surface area (Å²) in [6.45, 7) is 4.81. The Morgan fingerprint density at radius 2 is 1.59 bits per heavy atom. The molecule has 4 nitrogen and oxygen atoms in total. The van der Waals surface area contributed by atoms with Gasteiger partial charge in [-0.25, -0.2) is 0 Å². The van der Waals surface area contributed by atoms with Gasteiger partial charge in [-0.3, -0.25) is 9.59 Å². The molecule has 8 heteroatoms. The summed E-state index contributed by atoms with van der Waals surface area (Å²) in [5.41, 5.74) is 1.71. The third-order valence-electron chi connectivity index (χ3n) is 5.71. The Hall–Kier alpha value is -2.18. The fourth-order valence-corrected chi connectivity index (χ4v) is 5.18. The second-order valence-electron chi connectivity index (χ2n) is 9.15. The van der Waals surface area contributed by atoms with Crippen LogP contribution in [-0.2, 0) is 22.6 Å². The predicted molar refractivity (Wildman–Crippen MR) is 156 cm³/mol. The molecule has 3 rings (SSSR count). The second-order valence-corrected chi connectivity index (χ2v) is 11.6. The van der Waals surface area contributed by atoms with E-state index >= 15 is 0 Å². The van der Waals surface area contributed by atoms with Crippen molar-refractivity contribution in [2.24, 2.45) is 5.92 Å². The van der Waals surface area contributed by atoms with Crippen molar-refractivity contribution in [3.63, 3.8) is 0 Å². The van der Waals surface area contributed by atoms with Gasteiger partial charge in [0.1, 0.15) is 6.04 Å². The van der Waals surface area contributed by atoms with E-state index in [4.69, 9.17) is 34.8 Å². The molecule has 2 amide bonds. The van der Waals surface area contributed by atoms with Gasteiger partial charge in [-0.05, 0) is 53.4 Å². The average Bonchev–Trinajstić information content (AvgIpc) is 2.87. The minimum Gasteiger partial charge on any atom is -0.354 e. The molecular formula is C29H31Cl3N2O2S. The number of carbonyl (C=O) groups is 2. The number of benzene rings is 3. The Kier molecular flexibility index (Phi) is 11.7. The van der Waals surface area contributed by atoms with Crippen molar-refractivity contribution in [1.29, 1.82) is 0 Å². The molecule has 0 heterocycles. The minimum atomic E-state index is -0.694. The Morgan fingerprint density at radius 3 is 2.24 bits per heavy atom. The van der Waals surface area contributed by atoms with E-state index in [1.54, 1.807) is 34.9 Å². The number of halogens is 3. The van der Waals surface area contributed by atoms with Crippen molar-refractivity contribution in [2.75, 3.05) is 12.3 Å². The number of rotatable bonds is 12. The topological polar surface area (TPSA) is 49.4 Å². The molecule has 1 unspecified atom stereocenters. The number of thioether (sulfide) groups is 1. The highest BCUT2D eigenvalue weighted by molar-refractivity contribution is 7.99. The number of nitrogens with zero attached hydrogens (tertiary/aromatic N) is 1. The van der Waals surface area contributed by atoms with Gasteiger partial charge in [0, 0.05) is 51.6 Å². The van der Waals surface area contributed by atoms with Crippen molar-refractivity contribution in [3.8, 4) is 0 Å². The molecule has 196 valence electrons. The molecule has 0 spiro atoms. The SMILES string of the molecule is CC(C)CNC(=O)C(Cc1ccccc1)N(Cc1ccc(Cl)cc1Cl)C(=O)CCSc1ccc(Cl)cc1. The van der Waals surface area contributed by atoms with Crippen molar-refractivity contribution in [2.45, 2.75) is 44.2 Å². The van der Waals surface area contributed by atoms with Gasteiger partial charge in [0.15, 0.2) is 0 Å². The molecule has 0 aliphatic rings. The monoisotopic (exact) mass is 576 g/mol. The lowest BCUT2D eigenvalue weighted by Crippen LogP contribution is -2.51. The van der Waals surface area contributed by atoms with E-state index in [2.05, 4.69) is 5.32 Å². The molecule has 0 radical (unpaired) electrons. The van der Waals surface area contributed by atoms with Crippen molar-refractivity contribution >= 4 is 58.4 Å². The third kappa shape index (κ3) is 9.57. The maximum absolute atomic E-state index is 13.7. The van der Waals surface area contributed by atoms with Crippen LogP contribution in [0.2, 0.25) is 15.1 Å². The molecule has 0 aliphatic carbocycles. The van der Waals surface area contributed by atoms with Gasteiger partial charge in [-0.15, -0.1) is 11.8 Å². The molecule has 3 aromatic carbocycles. The number of hydrogen-bond acceptors (Lipinski definition) is 3. The van der Waals surface area contributed by atoms with Gasteiger partial charge in [-0.1, -0.05) is 85.0 Å². The van der Waals surface area contributed by atoms with E-state index in [-0.39, 0.29) is 30.7 Å². The van der Waals surface area contributed by atoms with Crippen LogP contribution >= 0.6 is 46.6 Å². The van der Waals surface area contributed by atoms with Crippen LogP contribution in [0.15, 0.2) is 77.7 Å². The molecule has 37 heavy (non-hydrogen) atoms. The molecule has 0 aliphatic heterocycles. The van der Waals surface area contributed by atoms with Crippen molar-refractivity contribution in [1.82, 2.24) is 10.2 Å². The summed E-state index contributed by atoms with van der Waals surface area (Å²) in [5, 5.41) is 4.67. The van der Waals surface area contributed by atoms with Gasteiger partial charge >= 0.3 is 0 Å². The van der Waals surface area contributed by atoms with Crippen LogP contribution in [0.25, 0.3) is 0 Å². The maximum atomic E-state index is 13.7. The Balaban J connectivity index is 1.86. The summed E-state index contributed by atoms with van der Waals surface area (Å²) in [6, 6.07) is 21.8. The van der Waals surface area contributed by atoms with Crippen molar-refractivity contribution in [3.05, 3.63) is 99.0 Å². The summed E-state index contributed by atoms with van der Waals surface area (Å²) in [4.78, 5) is 29.8. The maximum Gasteiger partial charge on any atom is 0.243 e. The van der Waals surface area contributed by atoms with Gasteiger partial charge in [0.25, 0.3) is 0 Å². The van der Waals surface area contributed by atoms with Crippen LogP contribution in [0, 0.1) is 5.92 Å². The number of nitrogens with one attached hydrogen (secondary N) is 1.